The molecular weight excluding hydrogens is 353 g/mol. The van der Waals surface area contributed by atoms with Crippen molar-refractivity contribution in [3.05, 3.63) is 17.0 Å². The molecular formula is C13H24IN5. The Kier molecular flexibility index (Phi) is 6.60. The van der Waals surface area contributed by atoms with E-state index in [0.29, 0.717) is 0 Å². The molecule has 1 aromatic rings. The van der Waals surface area contributed by atoms with Gasteiger partial charge >= 0.3 is 0 Å². The zero-order valence-corrected chi connectivity index (χ0v) is 14.3. The zero-order chi connectivity index (χ0) is 13.0. The normalized spacial score (nSPS) is 14.4. The van der Waals surface area contributed by atoms with Crippen molar-refractivity contribution in [1.29, 1.82) is 0 Å². The number of hydrogen-bond acceptors (Lipinski definition) is 4. The number of halogens is 1. The van der Waals surface area contributed by atoms with Crippen LogP contribution < -0.4 is 10.6 Å². The lowest BCUT2D eigenvalue weighted by Crippen LogP contribution is -2.40. The molecule has 1 aromatic heterocycles. The van der Waals surface area contributed by atoms with Crippen molar-refractivity contribution in [2.75, 3.05) is 13.1 Å². The molecule has 0 saturated carbocycles. The first-order valence-corrected chi connectivity index (χ1v) is 6.82. The second-order valence-electron chi connectivity index (χ2n) is 4.57. The summed E-state index contributed by atoms with van der Waals surface area (Å²) in [6.07, 6.45) is 3.11. The molecule has 6 heteroatoms. The molecule has 0 aromatic carbocycles. The first-order chi connectivity index (χ1) is 8.76. The van der Waals surface area contributed by atoms with Crippen molar-refractivity contribution in [3.63, 3.8) is 0 Å². The molecule has 0 amide bonds. The van der Waals surface area contributed by atoms with Crippen LogP contribution in [-0.2, 0) is 26.4 Å². The van der Waals surface area contributed by atoms with Crippen LogP contribution in [-0.4, -0.2) is 28.8 Å². The Morgan fingerprint density at radius 2 is 2.11 bits per heavy atom. The number of rotatable bonds is 4. The third-order valence-corrected chi connectivity index (χ3v) is 3.36. The van der Waals surface area contributed by atoms with Crippen LogP contribution in [0.1, 0.15) is 37.2 Å². The Balaban J connectivity index is 0.00000180. The van der Waals surface area contributed by atoms with Crippen LogP contribution in [0.15, 0.2) is 4.99 Å². The minimum atomic E-state index is 0. The van der Waals surface area contributed by atoms with Crippen molar-refractivity contribution in [1.82, 2.24) is 20.4 Å². The fourth-order valence-corrected chi connectivity index (χ4v) is 2.42. The maximum atomic E-state index is 4.58. The summed E-state index contributed by atoms with van der Waals surface area (Å²) in [5.41, 5.74) is 3.84. The number of nitrogens with one attached hydrogen (secondary N) is 2. The number of guanidine groups is 1. The van der Waals surface area contributed by atoms with Gasteiger partial charge in [0, 0.05) is 37.9 Å². The van der Waals surface area contributed by atoms with E-state index in [9.17, 15) is 0 Å². The molecule has 5 nitrogen and oxygen atoms in total. The van der Waals surface area contributed by atoms with Crippen molar-refractivity contribution in [3.8, 4) is 0 Å². The largest absolute Gasteiger partial charge is 0.356 e. The van der Waals surface area contributed by atoms with Gasteiger partial charge in [0.2, 0.25) is 0 Å². The first-order valence-electron chi connectivity index (χ1n) is 6.82. The minimum absolute atomic E-state index is 0. The lowest BCUT2D eigenvalue weighted by atomic mass is 10.1. The van der Waals surface area contributed by atoms with Gasteiger partial charge < -0.3 is 10.6 Å². The van der Waals surface area contributed by atoms with E-state index in [4.69, 9.17) is 0 Å². The molecule has 2 N–H and O–H groups in total. The van der Waals surface area contributed by atoms with E-state index in [1.807, 2.05) is 11.7 Å². The molecule has 0 bridgehead atoms. The smallest absolute Gasteiger partial charge is 0.191 e. The van der Waals surface area contributed by atoms with Gasteiger partial charge in [0.05, 0.1) is 5.69 Å². The van der Waals surface area contributed by atoms with Crippen molar-refractivity contribution in [2.24, 2.45) is 12.0 Å². The molecule has 2 heterocycles. The Morgan fingerprint density at radius 3 is 2.68 bits per heavy atom. The Labute approximate surface area is 132 Å². The summed E-state index contributed by atoms with van der Waals surface area (Å²) in [6.45, 7) is 7.08. The zero-order valence-electron chi connectivity index (χ0n) is 12.0. The van der Waals surface area contributed by atoms with Gasteiger partial charge in [0.15, 0.2) is 5.96 Å². The quantitative estimate of drug-likeness (QED) is 0.784. The average molecular weight is 377 g/mol. The van der Waals surface area contributed by atoms with E-state index >= 15 is 0 Å². The average Bonchev–Trinajstić information content (AvgIpc) is 2.73. The number of aliphatic imine (C=N–C) groups is 1. The van der Waals surface area contributed by atoms with Gasteiger partial charge in [-0.2, -0.15) is 5.10 Å². The van der Waals surface area contributed by atoms with Crippen molar-refractivity contribution >= 4 is 29.9 Å². The molecule has 0 atom stereocenters. The maximum absolute atomic E-state index is 4.58. The number of nitrogens with zero attached hydrogens (tertiary/aromatic N) is 3. The van der Waals surface area contributed by atoms with E-state index < -0.39 is 0 Å². The number of aryl methyl sites for hydroxylation is 2. The van der Waals surface area contributed by atoms with E-state index in [1.165, 1.54) is 17.0 Å². The SMILES string of the molecule is CCc1nn(C)c(CC)c1CNC1=NCCCN1.I. The molecule has 0 spiro atoms. The third-order valence-electron chi connectivity index (χ3n) is 3.36. The second kappa shape index (κ2) is 7.72. The number of hydrogen-bond donors (Lipinski definition) is 2. The van der Waals surface area contributed by atoms with Crippen LogP contribution in [0.25, 0.3) is 0 Å². The molecule has 0 radical (unpaired) electrons. The predicted molar refractivity (Wildman–Crippen MR) is 89.1 cm³/mol. The van der Waals surface area contributed by atoms with Crippen LogP contribution >= 0.6 is 24.0 Å². The third kappa shape index (κ3) is 3.84. The summed E-state index contributed by atoms with van der Waals surface area (Å²) in [7, 11) is 2.03. The van der Waals surface area contributed by atoms with Gasteiger partial charge in [-0.25, -0.2) is 0 Å². The summed E-state index contributed by atoms with van der Waals surface area (Å²) in [5, 5.41) is 11.2. The highest BCUT2D eigenvalue weighted by molar-refractivity contribution is 14.0. The maximum Gasteiger partial charge on any atom is 0.191 e. The number of aromatic nitrogens is 2. The van der Waals surface area contributed by atoms with Gasteiger partial charge in [-0.3, -0.25) is 9.67 Å². The van der Waals surface area contributed by atoms with Gasteiger partial charge in [-0.1, -0.05) is 13.8 Å². The van der Waals surface area contributed by atoms with Gasteiger partial charge in [0.1, 0.15) is 0 Å². The van der Waals surface area contributed by atoms with Crippen molar-refractivity contribution in [2.45, 2.75) is 39.7 Å². The van der Waals surface area contributed by atoms with E-state index in [2.05, 4.69) is 34.6 Å². The Morgan fingerprint density at radius 1 is 1.32 bits per heavy atom. The Bertz CT molecular complexity index is 438. The van der Waals surface area contributed by atoms with Gasteiger partial charge in [0.25, 0.3) is 0 Å². The van der Waals surface area contributed by atoms with Crippen LogP contribution in [0.5, 0.6) is 0 Å². The molecule has 108 valence electrons. The van der Waals surface area contributed by atoms with Crippen molar-refractivity contribution < 1.29 is 0 Å². The highest BCUT2D eigenvalue weighted by Crippen LogP contribution is 2.15. The molecule has 19 heavy (non-hydrogen) atoms. The van der Waals surface area contributed by atoms with E-state index in [-0.39, 0.29) is 24.0 Å². The fraction of sp³-hybridized carbons (Fsp3) is 0.692. The first kappa shape index (κ1) is 16.3. The van der Waals surface area contributed by atoms with Crippen LogP contribution in [0.3, 0.4) is 0 Å². The summed E-state index contributed by atoms with van der Waals surface area (Å²) < 4.78 is 2.01. The van der Waals surface area contributed by atoms with Crippen LogP contribution in [0, 0.1) is 0 Å². The predicted octanol–water partition coefficient (Wildman–Crippen LogP) is 1.60. The van der Waals surface area contributed by atoms with Gasteiger partial charge in [-0.05, 0) is 19.3 Å². The van der Waals surface area contributed by atoms with Crippen LogP contribution in [0.4, 0.5) is 0 Å². The molecule has 0 fully saturated rings. The topological polar surface area (TPSA) is 54.2 Å². The summed E-state index contributed by atoms with van der Waals surface area (Å²) >= 11 is 0. The summed E-state index contributed by atoms with van der Waals surface area (Å²) in [6, 6.07) is 0. The Hall–Kier alpha value is -0.790. The fourth-order valence-electron chi connectivity index (χ4n) is 2.42. The highest BCUT2D eigenvalue weighted by Gasteiger charge is 2.14. The molecule has 0 unspecified atom stereocenters. The van der Waals surface area contributed by atoms with Gasteiger partial charge in [-0.15, -0.1) is 24.0 Å². The standard InChI is InChI=1S/C13H23N5.HI/c1-4-11-10(12(5-2)18(3)17-11)9-16-13-14-7-6-8-15-13;/h4-9H2,1-3H3,(H2,14,15,16);1H. The van der Waals surface area contributed by atoms with E-state index in [0.717, 1.165) is 44.9 Å². The highest BCUT2D eigenvalue weighted by atomic mass is 127. The molecule has 1 aliphatic rings. The summed E-state index contributed by atoms with van der Waals surface area (Å²) in [4.78, 5) is 4.43. The second-order valence-corrected chi connectivity index (χ2v) is 4.57. The lowest BCUT2D eigenvalue weighted by Gasteiger charge is -2.16. The lowest BCUT2D eigenvalue weighted by molar-refractivity contribution is 0.693. The molecule has 2 rings (SSSR count). The minimum Gasteiger partial charge on any atom is -0.356 e. The molecule has 0 saturated heterocycles. The monoisotopic (exact) mass is 377 g/mol. The summed E-state index contributed by atoms with van der Waals surface area (Å²) in [5.74, 6) is 0.925. The van der Waals surface area contributed by atoms with Crippen LogP contribution in [0.2, 0.25) is 0 Å². The molecule has 0 aliphatic carbocycles. The van der Waals surface area contributed by atoms with E-state index in [1.54, 1.807) is 0 Å². The molecule has 1 aliphatic heterocycles.